The Kier molecular flexibility index (Phi) is 8.17. The lowest BCUT2D eigenvalue weighted by atomic mass is 10.1. The van der Waals surface area contributed by atoms with Crippen molar-refractivity contribution in [2.75, 3.05) is 6.61 Å². The molecule has 7 heteroatoms. The quantitative estimate of drug-likeness (QED) is 0.436. The van der Waals surface area contributed by atoms with E-state index in [2.05, 4.69) is 0 Å². The lowest BCUT2D eigenvalue weighted by Crippen LogP contribution is -2.10. The molecule has 0 atom stereocenters. The highest BCUT2D eigenvalue weighted by molar-refractivity contribution is 5.82. The van der Waals surface area contributed by atoms with Gasteiger partial charge in [-0.2, -0.15) is 0 Å². The second kappa shape index (κ2) is 9.15. The van der Waals surface area contributed by atoms with Crippen molar-refractivity contribution in [2.45, 2.75) is 38.5 Å². The van der Waals surface area contributed by atoms with Crippen LogP contribution in [-0.4, -0.2) is 40.5 Å². The molecule has 0 aliphatic rings. The van der Waals surface area contributed by atoms with E-state index in [-0.39, 0.29) is 44.5 Å². The van der Waals surface area contributed by atoms with Crippen molar-refractivity contribution in [3.05, 3.63) is 0 Å². The molecule has 0 saturated carbocycles. The van der Waals surface area contributed by atoms with Crippen LogP contribution >= 0.6 is 0 Å². The number of ketones is 1. The van der Waals surface area contributed by atoms with Gasteiger partial charge in [-0.15, -0.1) is 0 Å². The Morgan fingerprint density at radius 2 is 1.33 bits per heavy atom. The monoisotopic (exact) mass is 260 g/mol. The average Bonchev–Trinajstić information content (AvgIpc) is 2.29. The van der Waals surface area contributed by atoms with Crippen LogP contribution in [0, 0.1) is 0 Å². The highest BCUT2D eigenvalue weighted by atomic mass is 16.5. The van der Waals surface area contributed by atoms with Crippen LogP contribution in [0.4, 0.5) is 0 Å². The van der Waals surface area contributed by atoms with Gasteiger partial charge in [0.25, 0.3) is 0 Å². The maximum atomic E-state index is 11.1. The third kappa shape index (κ3) is 10.6. The smallest absolute Gasteiger partial charge is 0.306 e. The Hall–Kier alpha value is -1.92. The topological polar surface area (TPSA) is 118 Å². The number of carbonyl (C=O) groups excluding carboxylic acids is 2. The highest BCUT2D eigenvalue weighted by Crippen LogP contribution is 2.00. The minimum Gasteiger partial charge on any atom is -0.481 e. The molecule has 7 nitrogen and oxygen atoms in total. The van der Waals surface area contributed by atoms with Crippen LogP contribution in [0.3, 0.4) is 0 Å². The third-order valence-corrected chi connectivity index (χ3v) is 2.02. The van der Waals surface area contributed by atoms with E-state index in [1.54, 1.807) is 0 Å². The molecule has 0 heterocycles. The maximum Gasteiger partial charge on any atom is 0.306 e. The summed E-state index contributed by atoms with van der Waals surface area (Å²) in [6.45, 7) is 0.0390. The number of aliphatic carboxylic acids is 2. The first-order valence-electron chi connectivity index (χ1n) is 5.52. The number of esters is 1. The zero-order chi connectivity index (χ0) is 14.0. The minimum absolute atomic E-state index is 0.0255. The largest absolute Gasteiger partial charge is 0.481 e. The van der Waals surface area contributed by atoms with Gasteiger partial charge in [-0.05, 0) is 6.42 Å². The summed E-state index contributed by atoms with van der Waals surface area (Å²) >= 11 is 0. The first-order chi connectivity index (χ1) is 8.41. The van der Waals surface area contributed by atoms with Gasteiger partial charge in [-0.1, -0.05) is 0 Å². The second-order valence-electron chi connectivity index (χ2n) is 3.65. The van der Waals surface area contributed by atoms with Gasteiger partial charge < -0.3 is 14.9 Å². The summed E-state index contributed by atoms with van der Waals surface area (Å²) in [5, 5.41) is 16.7. The molecule has 102 valence electrons. The minimum atomic E-state index is -1.07. The Bertz CT molecular complexity index is 289. The van der Waals surface area contributed by atoms with Gasteiger partial charge in [0.15, 0.2) is 0 Å². The molecule has 18 heavy (non-hydrogen) atoms. The normalized spacial score (nSPS) is 9.78. The van der Waals surface area contributed by atoms with Crippen molar-refractivity contribution in [1.29, 1.82) is 0 Å². The van der Waals surface area contributed by atoms with Gasteiger partial charge in [0, 0.05) is 12.8 Å². The van der Waals surface area contributed by atoms with Crippen LogP contribution in [0.2, 0.25) is 0 Å². The molecule has 0 aromatic heterocycles. The van der Waals surface area contributed by atoms with Crippen LogP contribution < -0.4 is 0 Å². The van der Waals surface area contributed by atoms with Gasteiger partial charge in [0.05, 0.1) is 25.9 Å². The molecule has 0 amide bonds. The number of hydrogen-bond donors (Lipinski definition) is 2. The fourth-order valence-corrected chi connectivity index (χ4v) is 1.11. The van der Waals surface area contributed by atoms with Gasteiger partial charge in [-0.3, -0.25) is 19.2 Å². The Morgan fingerprint density at radius 3 is 1.89 bits per heavy atom. The number of rotatable bonds is 10. The van der Waals surface area contributed by atoms with E-state index in [1.165, 1.54) is 0 Å². The fraction of sp³-hybridized carbons (Fsp3) is 0.636. The molecule has 0 aromatic carbocycles. The van der Waals surface area contributed by atoms with Crippen LogP contribution in [0.25, 0.3) is 0 Å². The van der Waals surface area contributed by atoms with Gasteiger partial charge in [0.2, 0.25) is 0 Å². The molecule has 0 spiro atoms. The zero-order valence-corrected chi connectivity index (χ0v) is 9.89. The van der Waals surface area contributed by atoms with E-state index in [1.807, 2.05) is 0 Å². The molecule has 0 aliphatic heterocycles. The number of carboxylic acids is 2. The van der Waals surface area contributed by atoms with Crippen molar-refractivity contribution in [3.63, 3.8) is 0 Å². The van der Waals surface area contributed by atoms with Crippen molar-refractivity contribution in [2.24, 2.45) is 0 Å². The lowest BCUT2D eigenvalue weighted by molar-refractivity contribution is -0.148. The van der Waals surface area contributed by atoms with Crippen molar-refractivity contribution in [3.8, 4) is 0 Å². The molecule has 0 rings (SSSR count). The number of ether oxygens (including phenoxy) is 1. The molecule has 0 aliphatic carbocycles. The van der Waals surface area contributed by atoms with Gasteiger partial charge in [-0.25, -0.2) is 0 Å². The summed E-state index contributed by atoms with van der Waals surface area (Å²) in [7, 11) is 0. The summed E-state index contributed by atoms with van der Waals surface area (Å²) < 4.78 is 4.70. The third-order valence-electron chi connectivity index (χ3n) is 2.02. The Morgan fingerprint density at radius 1 is 0.778 bits per heavy atom. The molecule has 0 unspecified atom stereocenters. The molecule has 2 N–H and O–H groups in total. The van der Waals surface area contributed by atoms with Crippen LogP contribution in [0.5, 0.6) is 0 Å². The van der Waals surface area contributed by atoms with E-state index < -0.39 is 17.9 Å². The zero-order valence-electron chi connectivity index (χ0n) is 9.89. The van der Waals surface area contributed by atoms with Gasteiger partial charge >= 0.3 is 17.9 Å². The van der Waals surface area contributed by atoms with E-state index in [0.717, 1.165) is 0 Å². The Labute approximate surface area is 104 Å². The van der Waals surface area contributed by atoms with Crippen LogP contribution in [0.1, 0.15) is 38.5 Å². The van der Waals surface area contributed by atoms with E-state index >= 15 is 0 Å². The van der Waals surface area contributed by atoms with E-state index in [0.29, 0.717) is 6.42 Å². The highest BCUT2D eigenvalue weighted by Gasteiger charge is 2.08. The van der Waals surface area contributed by atoms with Gasteiger partial charge in [0.1, 0.15) is 5.78 Å². The summed E-state index contributed by atoms with van der Waals surface area (Å²) in [6, 6.07) is 0. The number of hydrogen-bond acceptors (Lipinski definition) is 5. The molecule has 0 fully saturated rings. The molecule has 0 aromatic rings. The Balaban J connectivity index is 3.49. The van der Waals surface area contributed by atoms with Crippen molar-refractivity contribution < 1.29 is 34.1 Å². The maximum absolute atomic E-state index is 11.1. The van der Waals surface area contributed by atoms with Crippen LogP contribution in [-0.2, 0) is 23.9 Å². The standard InChI is InChI=1S/C11H16O7/c12-8(3-4-9(13)14)2-1-7-18-11(17)6-5-10(15)16/h1-7H2,(H,13,14)(H,15,16). The van der Waals surface area contributed by atoms with Crippen molar-refractivity contribution in [1.82, 2.24) is 0 Å². The van der Waals surface area contributed by atoms with E-state index in [4.69, 9.17) is 14.9 Å². The SMILES string of the molecule is O=C(O)CCC(=O)CCCOC(=O)CCC(=O)O. The average molecular weight is 260 g/mol. The summed E-state index contributed by atoms with van der Waals surface area (Å²) in [5.41, 5.74) is 0. The summed E-state index contributed by atoms with van der Waals surface area (Å²) in [4.78, 5) is 42.4. The molecule has 0 bridgehead atoms. The predicted molar refractivity (Wildman–Crippen MR) is 58.9 cm³/mol. The molecule has 0 radical (unpaired) electrons. The molecular weight excluding hydrogens is 244 g/mol. The first-order valence-corrected chi connectivity index (χ1v) is 5.52. The lowest BCUT2D eigenvalue weighted by Gasteiger charge is -2.03. The molecular formula is C11H16O7. The van der Waals surface area contributed by atoms with Crippen molar-refractivity contribution >= 4 is 23.7 Å². The number of carbonyl (C=O) groups is 4. The number of Topliss-reactive ketones (excluding diaryl/α,β-unsaturated/α-hetero) is 1. The predicted octanol–water partition coefficient (Wildman–Crippen LogP) is 0.609. The summed E-state index contributed by atoms with van der Waals surface area (Å²) in [6.07, 6.45) is -0.227. The molecule has 0 saturated heterocycles. The fourth-order valence-electron chi connectivity index (χ4n) is 1.11. The number of carboxylic acid groups (broad SMARTS) is 2. The first kappa shape index (κ1) is 16.1. The van der Waals surface area contributed by atoms with Crippen LogP contribution in [0.15, 0.2) is 0 Å². The second-order valence-corrected chi connectivity index (χ2v) is 3.65. The van der Waals surface area contributed by atoms with E-state index in [9.17, 15) is 19.2 Å². The summed E-state index contributed by atoms with van der Waals surface area (Å²) in [5.74, 6) is -2.91.